The molecule has 8 heteroatoms. The van der Waals surface area contributed by atoms with Gasteiger partial charge >= 0.3 is 0 Å². The number of carbonyl (C=O) groups is 1. The summed E-state index contributed by atoms with van der Waals surface area (Å²) in [6.07, 6.45) is 4.87. The molecule has 2 aromatic heterocycles. The minimum Gasteiger partial charge on any atom is -0.493 e. The van der Waals surface area contributed by atoms with Gasteiger partial charge < -0.3 is 14.2 Å². The minimum absolute atomic E-state index is 0.00124. The van der Waals surface area contributed by atoms with Crippen molar-refractivity contribution in [1.82, 2.24) is 19.5 Å². The molecule has 140 valence electrons. The van der Waals surface area contributed by atoms with Gasteiger partial charge in [-0.25, -0.2) is 15.0 Å². The molecule has 0 unspecified atom stereocenters. The van der Waals surface area contributed by atoms with E-state index >= 15 is 0 Å². The van der Waals surface area contributed by atoms with E-state index in [1.54, 1.807) is 39.7 Å². The second-order valence-electron chi connectivity index (χ2n) is 6.80. The number of nitrogens with zero attached hydrogens (tertiary/aromatic N) is 4. The number of ether oxygens (including phenoxy) is 3. The number of fused-ring (bicyclic) bond motifs is 1. The maximum Gasteiger partial charge on any atom is 0.239 e. The summed E-state index contributed by atoms with van der Waals surface area (Å²) in [6.45, 7) is 1.96. The highest BCUT2D eigenvalue weighted by Crippen LogP contribution is 2.46. The topological polar surface area (TPSA) is 88.4 Å². The molecule has 0 N–H and O–H groups in total. The third-order valence-electron chi connectivity index (χ3n) is 4.95. The van der Waals surface area contributed by atoms with Gasteiger partial charge in [-0.05, 0) is 25.0 Å². The molecule has 4 rings (SSSR count). The van der Waals surface area contributed by atoms with Crippen molar-refractivity contribution in [2.45, 2.75) is 19.8 Å². The third-order valence-corrected chi connectivity index (χ3v) is 4.95. The molecule has 1 saturated carbocycles. The Morgan fingerprint density at radius 3 is 2.30 bits per heavy atom. The van der Waals surface area contributed by atoms with Crippen LogP contribution in [0, 0.1) is 5.41 Å². The molecule has 1 aromatic carbocycles. The second kappa shape index (κ2) is 6.22. The summed E-state index contributed by atoms with van der Waals surface area (Å²) >= 11 is 0. The number of benzene rings is 1. The summed E-state index contributed by atoms with van der Waals surface area (Å²) in [7, 11) is 4.66. The van der Waals surface area contributed by atoms with E-state index in [0.717, 1.165) is 18.4 Å². The first kappa shape index (κ1) is 17.3. The van der Waals surface area contributed by atoms with Crippen LogP contribution in [0.5, 0.6) is 17.2 Å². The van der Waals surface area contributed by atoms with Gasteiger partial charge in [-0.1, -0.05) is 6.92 Å². The number of hydrogen-bond acceptors (Lipinski definition) is 7. The fourth-order valence-electron chi connectivity index (χ4n) is 3.00. The molecule has 0 amide bonds. The van der Waals surface area contributed by atoms with Gasteiger partial charge in [0.2, 0.25) is 11.7 Å². The summed E-state index contributed by atoms with van der Waals surface area (Å²) in [4.78, 5) is 25.9. The van der Waals surface area contributed by atoms with E-state index in [1.807, 2.05) is 6.92 Å². The lowest BCUT2D eigenvalue weighted by molar-refractivity contribution is 0.0830. The largest absolute Gasteiger partial charge is 0.493 e. The van der Waals surface area contributed by atoms with E-state index < -0.39 is 0 Å². The predicted molar refractivity (Wildman–Crippen MR) is 98.4 cm³/mol. The smallest absolute Gasteiger partial charge is 0.239 e. The van der Waals surface area contributed by atoms with Crippen LogP contribution in [0.25, 0.3) is 22.6 Å². The molecule has 0 bridgehead atoms. The maximum atomic E-state index is 12.7. The van der Waals surface area contributed by atoms with Crippen LogP contribution in [-0.2, 0) is 0 Å². The van der Waals surface area contributed by atoms with E-state index in [0.29, 0.717) is 34.2 Å². The number of carbonyl (C=O) groups excluding carboxylic acids is 1. The average Bonchev–Trinajstić information content (AvgIpc) is 3.31. The Kier molecular flexibility index (Phi) is 3.98. The van der Waals surface area contributed by atoms with Crippen molar-refractivity contribution in [2.24, 2.45) is 5.41 Å². The Morgan fingerprint density at radius 1 is 1.07 bits per heavy atom. The fourth-order valence-corrected chi connectivity index (χ4v) is 3.00. The van der Waals surface area contributed by atoms with Gasteiger partial charge in [0.05, 0.1) is 33.2 Å². The molecule has 3 aromatic rings. The zero-order chi connectivity index (χ0) is 19.2. The molecule has 1 fully saturated rings. The van der Waals surface area contributed by atoms with E-state index in [4.69, 9.17) is 14.2 Å². The highest BCUT2D eigenvalue weighted by atomic mass is 16.5. The summed E-state index contributed by atoms with van der Waals surface area (Å²) in [5.41, 5.74) is 1.87. The van der Waals surface area contributed by atoms with Crippen LogP contribution in [0.2, 0.25) is 0 Å². The van der Waals surface area contributed by atoms with Crippen LogP contribution < -0.4 is 14.2 Å². The molecule has 0 atom stereocenters. The van der Waals surface area contributed by atoms with Crippen LogP contribution in [0.15, 0.2) is 24.7 Å². The van der Waals surface area contributed by atoms with Gasteiger partial charge in [0.15, 0.2) is 22.8 Å². The molecular formula is C19H20N4O4. The normalized spacial score (nSPS) is 14.8. The van der Waals surface area contributed by atoms with E-state index in [2.05, 4.69) is 15.0 Å². The molecule has 0 saturated heterocycles. The van der Waals surface area contributed by atoms with Gasteiger partial charge in [-0.3, -0.25) is 9.36 Å². The van der Waals surface area contributed by atoms with E-state index in [9.17, 15) is 4.79 Å². The lowest BCUT2D eigenvalue weighted by Crippen LogP contribution is -2.20. The maximum absolute atomic E-state index is 12.7. The van der Waals surface area contributed by atoms with Crippen LogP contribution in [-0.4, -0.2) is 46.8 Å². The van der Waals surface area contributed by atoms with Crippen molar-refractivity contribution in [2.75, 3.05) is 21.3 Å². The Balaban J connectivity index is 1.84. The number of hydrogen-bond donors (Lipinski definition) is 0. The third kappa shape index (κ3) is 2.77. The van der Waals surface area contributed by atoms with Crippen molar-refractivity contribution >= 4 is 17.2 Å². The predicted octanol–water partition coefficient (Wildman–Crippen LogP) is 2.96. The van der Waals surface area contributed by atoms with Crippen molar-refractivity contribution in [3.8, 4) is 28.5 Å². The monoisotopic (exact) mass is 368 g/mol. The van der Waals surface area contributed by atoms with E-state index in [1.165, 1.54) is 10.9 Å². The zero-order valence-electron chi connectivity index (χ0n) is 15.6. The average molecular weight is 368 g/mol. The minimum atomic E-state index is -0.322. The van der Waals surface area contributed by atoms with Crippen molar-refractivity contribution in [1.29, 1.82) is 0 Å². The van der Waals surface area contributed by atoms with Crippen LogP contribution >= 0.6 is 0 Å². The molecule has 0 aliphatic heterocycles. The molecule has 1 aliphatic carbocycles. The Labute approximate surface area is 156 Å². The first-order chi connectivity index (χ1) is 13.0. The van der Waals surface area contributed by atoms with Crippen LogP contribution in [0.1, 0.15) is 24.6 Å². The van der Waals surface area contributed by atoms with Gasteiger partial charge in [0.25, 0.3) is 0 Å². The Morgan fingerprint density at radius 2 is 1.74 bits per heavy atom. The zero-order valence-corrected chi connectivity index (χ0v) is 15.6. The number of imidazole rings is 1. The summed E-state index contributed by atoms with van der Waals surface area (Å²) in [5, 5.41) is 0. The summed E-state index contributed by atoms with van der Waals surface area (Å²) in [5.74, 6) is 1.54. The Hall–Kier alpha value is -3.16. The van der Waals surface area contributed by atoms with Gasteiger partial charge in [-0.15, -0.1) is 0 Å². The summed E-state index contributed by atoms with van der Waals surface area (Å²) < 4.78 is 17.7. The number of aromatic nitrogens is 4. The molecule has 27 heavy (non-hydrogen) atoms. The molecule has 0 radical (unpaired) electrons. The van der Waals surface area contributed by atoms with Crippen molar-refractivity contribution < 1.29 is 19.0 Å². The lowest BCUT2D eigenvalue weighted by Gasteiger charge is -2.14. The molecular weight excluding hydrogens is 348 g/mol. The molecule has 0 spiro atoms. The first-order valence-corrected chi connectivity index (χ1v) is 8.56. The standard InChI is InChI=1S/C19H20N4O4/c1-19(5-6-19)18(24)23-10-21-16-17(23)22-12(9-20-16)11-7-13(25-2)15(27-4)14(8-11)26-3/h7-10H,5-6H2,1-4H3. The van der Waals surface area contributed by atoms with Crippen LogP contribution in [0.4, 0.5) is 0 Å². The second-order valence-corrected chi connectivity index (χ2v) is 6.80. The first-order valence-electron chi connectivity index (χ1n) is 8.56. The van der Waals surface area contributed by atoms with Gasteiger partial charge in [0.1, 0.15) is 6.33 Å². The number of methoxy groups -OCH3 is 3. The number of rotatable bonds is 5. The quantitative estimate of drug-likeness (QED) is 0.684. The lowest BCUT2D eigenvalue weighted by atomic mass is 10.1. The molecule has 8 nitrogen and oxygen atoms in total. The van der Waals surface area contributed by atoms with Crippen molar-refractivity contribution in [3.63, 3.8) is 0 Å². The van der Waals surface area contributed by atoms with Crippen molar-refractivity contribution in [3.05, 3.63) is 24.7 Å². The van der Waals surface area contributed by atoms with E-state index in [-0.39, 0.29) is 11.3 Å². The molecule has 1 aliphatic rings. The highest BCUT2D eigenvalue weighted by molar-refractivity contribution is 5.93. The molecule has 2 heterocycles. The Bertz CT molecular complexity index is 1010. The van der Waals surface area contributed by atoms with Crippen LogP contribution in [0.3, 0.4) is 0 Å². The highest BCUT2D eigenvalue weighted by Gasteiger charge is 2.46. The summed E-state index contributed by atoms with van der Waals surface area (Å²) in [6, 6.07) is 3.59. The van der Waals surface area contributed by atoms with Gasteiger partial charge in [0, 0.05) is 11.0 Å². The van der Waals surface area contributed by atoms with Gasteiger partial charge in [-0.2, -0.15) is 0 Å². The SMILES string of the molecule is COc1cc(-c2cnc3ncn(C(=O)C4(C)CC4)c3n2)cc(OC)c1OC. The fraction of sp³-hybridized carbons (Fsp3) is 0.368.